The Hall–Kier alpha value is -0.783. The first-order valence-electron chi connectivity index (χ1n) is 5.76. The molecule has 0 aliphatic heterocycles. The highest BCUT2D eigenvalue weighted by Crippen LogP contribution is 2.10. The minimum Gasteiger partial charge on any atom is -0.376 e. The molecule has 0 amide bonds. The Kier molecular flexibility index (Phi) is 6.40. The summed E-state index contributed by atoms with van der Waals surface area (Å²) >= 11 is 0. The molecule has 1 N–H and O–H groups in total. The third-order valence-corrected chi connectivity index (χ3v) is 3.00. The lowest BCUT2D eigenvalue weighted by Gasteiger charge is -2.09. The lowest BCUT2D eigenvalue weighted by atomic mass is 10.0. The van der Waals surface area contributed by atoms with E-state index in [9.17, 15) is 5.11 Å². The predicted molar refractivity (Wildman–Crippen MR) is 74.9 cm³/mol. The van der Waals surface area contributed by atoms with Gasteiger partial charge in [-0.25, -0.2) is 0 Å². The van der Waals surface area contributed by atoms with Crippen molar-refractivity contribution < 1.29 is 5.11 Å². The Bertz CT molecular complexity index is 312. The highest BCUT2D eigenvalue weighted by Gasteiger charge is 2.09. The van der Waals surface area contributed by atoms with Crippen LogP contribution >= 0.6 is 0 Å². The van der Waals surface area contributed by atoms with E-state index in [0.29, 0.717) is 5.92 Å². The van der Waals surface area contributed by atoms with Crippen LogP contribution in [-0.4, -0.2) is 19.3 Å². The van der Waals surface area contributed by atoms with Crippen LogP contribution in [0.25, 0.3) is 0 Å². The van der Waals surface area contributed by atoms with E-state index < -0.39 is 14.2 Å². The molecule has 0 bridgehead atoms. The first-order valence-corrected chi connectivity index (χ1v) is 9.26. The molecule has 2 atom stereocenters. The molecule has 0 aromatic heterocycles. The van der Waals surface area contributed by atoms with Gasteiger partial charge in [-0.2, -0.15) is 0 Å². The molecular weight excluding hydrogens is 212 g/mol. The first-order chi connectivity index (χ1) is 7.26. The van der Waals surface area contributed by atoms with E-state index in [4.69, 9.17) is 0 Å². The monoisotopic (exact) mass is 236 g/mol. The van der Waals surface area contributed by atoms with Crippen molar-refractivity contribution >= 4 is 8.07 Å². The lowest BCUT2D eigenvalue weighted by molar-refractivity contribution is 0.267. The van der Waals surface area contributed by atoms with E-state index in [0.717, 1.165) is 12.0 Å². The van der Waals surface area contributed by atoms with Gasteiger partial charge in [-0.05, 0) is 24.8 Å². The second-order valence-corrected chi connectivity index (χ2v) is 10.1. The number of hydrogen-bond acceptors (Lipinski definition) is 1. The normalized spacial score (nSPS) is 16.0. The summed E-state index contributed by atoms with van der Waals surface area (Å²) in [6, 6.07) is 0. The van der Waals surface area contributed by atoms with Crippen LogP contribution in [0, 0.1) is 17.4 Å². The van der Waals surface area contributed by atoms with Crippen LogP contribution in [-0.2, 0) is 0 Å². The van der Waals surface area contributed by atoms with Crippen LogP contribution < -0.4 is 0 Å². The fourth-order valence-electron chi connectivity index (χ4n) is 1.27. The summed E-state index contributed by atoms with van der Waals surface area (Å²) in [6.45, 7) is 14.3. The average molecular weight is 236 g/mol. The van der Waals surface area contributed by atoms with Gasteiger partial charge < -0.3 is 5.11 Å². The minimum atomic E-state index is -1.39. The van der Waals surface area contributed by atoms with Gasteiger partial charge in [0.2, 0.25) is 0 Å². The quantitative estimate of drug-likeness (QED) is 0.451. The molecule has 0 saturated heterocycles. The fourth-order valence-corrected chi connectivity index (χ4v) is 1.84. The second-order valence-electron chi connectivity index (χ2n) is 5.33. The van der Waals surface area contributed by atoms with Gasteiger partial charge in [0.1, 0.15) is 14.2 Å². The summed E-state index contributed by atoms with van der Waals surface area (Å²) in [5.41, 5.74) is 4.13. The SMILES string of the molecule is C=CCC(C)/C=C(\C)C(O)C#C[Si](C)(C)C. The van der Waals surface area contributed by atoms with E-state index in [1.165, 1.54) is 0 Å². The van der Waals surface area contributed by atoms with Gasteiger partial charge in [0, 0.05) is 0 Å². The zero-order chi connectivity index (χ0) is 12.8. The van der Waals surface area contributed by atoms with E-state index in [2.05, 4.69) is 50.7 Å². The smallest absolute Gasteiger partial charge is 0.135 e. The summed E-state index contributed by atoms with van der Waals surface area (Å²) in [6.07, 6.45) is 4.30. The summed E-state index contributed by atoms with van der Waals surface area (Å²) < 4.78 is 0. The van der Waals surface area contributed by atoms with Crippen LogP contribution in [0.3, 0.4) is 0 Å². The molecule has 0 spiro atoms. The van der Waals surface area contributed by atoms with Crippen molar-refractivity contribution in [2.75, 3.05) is 0 Å². The van der Waals surface area contributed by atoms with Crippen molar-refractivity contribution in [3.8, 4) is 11.5 Å². The van der Waals surface area contributed by atoms with Crippen LogP contribution in [0.4, 0.5) is 0 Å². The van der Waals surface area contributed by atoms with E-state index in [1.54, 1.807) is 0 Å². The van der Waals surface area contributed by atoms with Gasteiger partial charge in [-0.3, -0.25) is 0 Å². The maximum atomic E-state index is 9.85. The third kappa shape index (κ3) is 7.50. The summed E-state index contributed by atoms with van der Waals surface area (Å²) in [5.74, 6) is 3.36. The highest BCUT2D eigenvalue weighted by atomic mass is 28.3. The van der Waals surface area contributed by atoms with Crippen molar-refractivity contribution in [2.24, 2.45) is 5.92 Å². The molecule has 1 nitrogen and oxygen atoms in total. The molecule has 16 heavy (non-hydrogen) atoms. The van der Waals surface area contributed by atoms with Crippen molar-refractivity contribution in [2.45, 2.75) is 46.0 Å². The van der Waals surface area contributed by atoms with Gasteiger partial charge in [-0.15, -0.1) is 12.1 Å². The van der Waals surface area contributed by atoms with Gasteiger partial charge in [-0.1, -0.05) is 44.6 Å². The Labute approximate surface area is 101 Å². The highest BCUT2D eigenvalue weighted by molar-refractivity contribution is 6.83. The third-order valence-electron chi connectivity index (χ3n) is 2.10. The van der Waals surface area contributed by atoms with Crippen molar-refractivity contribution in [1.29, 1.82) is 0 Å². The molecule has 0 saturated carbocycles. The molecule has 0 aromatic rings. The van der Waals surface area contributed by atoms with Crippen LogP contribution in [0.2, 0.25) is 19.6 Å². The lowest BCUT2D eigenvalue weighted by Crippen LogP contribution is -2.18. The molecule has 2 unspecified atom stereocenters. The Balaban J connectivity index is 4.53. The number of aliphatic hydroxyl groups excluding tert-OH is 1. The average Bonchev–Trinajstić information content (AvgIpc) is 2.13. The van der Waals surface area contributed by atoms with Gasteiger partial charge in [0.05, 0.1) is 0 Å². The van der Waals surface area contributed by atoms with Crippen molar-refractivity contribution in [3.63, 3.8) is 0 Å². The van der Waals surface area contributed by atoms with Crippen LogP contribution in [0.15, 0.2) is 24.3 Å². The molecule has 0 aliphatic rings. The molecule has 0 heterocycles. The number of rotatable bonds is 4. The van der Waals surface area contributed by atoms with Gasteiger partial charge >= 0.3 is 0 Å². The first kappa shape index (κ1) is 15.2. The minimum absolute atomic E-state index is 0.417. The molecule has 0 rings (SSSR count). The van der Waals surface area contributed by atoms with Gasteiger partial charge in [0.25, 0.3) is 0 Å². The Morgan fingerprint density at radius 3 is 2.44 bits per heavy atom. The topological polar surface area (TPSA) is 20.2 Å². The molecule has 0 fully saturated rings. The standard InChI is InChI=1S/C14H24OSi/c1-7-8-12(2)11-13(3)14(15)9-10-16(4,5)6/h7,11-12,14-15H,1,8H2,2-6H3/b13-11+. The number of allylic oxidation sites excluding steroid dienone is 2. The van der Waals surface area contributed by atoms with Gasteiger partial charge in [0.15, 0.2) is 0 Å². The molecule has 0 radical (unpaired) electrons. The van der Waals surface area contributed by atoms with Crippen LogP contribution in [0.1, 0.15) is 20.3 Å². The second kappa shape index (κ2) is 6.73. The summed E-state index contributed by atoms with van der Waals surface area (Å²) in [5, 5.41) is 9.85. The zero-order valence-corrected chi connectivity index (χ0v) is 12.2. The fraction of sp³-hybridized carbons (Fsp3) is 0.571. The Morgan fingerprint density at radius 2 is 2.00 bits per heavy atom. The predicted octanol–water partition coefficient (Wildman–Crippen LogP) is 3.39. The zero-order valence-electron chi connectivity index (χ0n) is 11.2. The molecule has 0 aromatic carbocycles. The maximum absolute atomic E-state index is 9.85. The largest absolute Gasteiger partial charge is 0.376 e. The number of aliphatic hydroxyl groups is 1. The molecule has 90 valence electrons. The maximum Gasteiger partial charge on any atom is 0.135 e. The van der Waals surface area contributed by atoms with Crippen LogP contribution in [0.5, 0.6) is 0 Å². The Morgan fingerprint density at radius 1 is 1.44 bits per heavy atom. The van der Waals surface area contributed by atoms with Crippen molar-refractivity contribution in [1.82, 2.24) is 0 Å². The molecular formula is C14H24OSi. The molecule has 2 heteroatoms. The van der Waals surface area contributed by atoms with Crippen molar-refractivity contribution in [3.05, 3.63) is 24.3 Å². The summed E-state index contributed by atoms with van der Waals surface area (Å²) in [7, 11) is -1.39. The van der Waals surface area contributed by atoms with E-state index in [1.807, 2.05) is 13.0 Å². The van der Waals surface area contributed by atoms with E-state index in [-0.39, 0.29) is 0 Å². The van der Waals surface area contributed by atoms with E-state index >= 15 is 0 Å². The molecule has 0 aliphatic carbocycles. The number of hydrogen-bond donors (Lipinski definition) is 1. The summed E-state index contributed by atoms with van der Waals surface area (Å²) in [4.78, 5) is 0.